The molecule has 0 spiro atoms. The van der Waals surface area contributed by atoms with Crippen LogP contribution in [0.15, 0.2) is 0 Å². The summed E-state index contributed by atoms with van der Waals surface area (Å²) >= 11 is 0. The van der Waals surface area contributed by atoms with Crippen molar-refractivity contribution in [1.82, 2.24) is 0 Å². The highest BCUT2D eigenvalue weighted by Crippen LogP contribution is 2.20. The van der Waals surface area contributed by atoms with Crippen LogP contribution in [0.1, 0.15) is 33.1 Å². The highest BCUT2D eigenvalue weighted by Gasteiger charge is 2.34. The largest absolute Gasteiger partial charge is 0.390 e. The van der Waals surface area contributed by atoms with Crippen LogP contribution in [0.25, 0.3) is 0 Å². The van der Waals surface area contributed by atoms with Crippen molar-refractivity contribution < 1.29 is 19.7 Å². The molecule has 0 aromatic heterocycles. The monoisotopic (exact) mass is 204 g/mol. The molecule has 0 amide bonds. The SMILES string of the molecule is CCCCO[C@@H]1C[C@@H](O)[C@@H](O)[C@H](C)O1. The summed E-state index contributed by atoms with van der Waals surface area (Å²) in [6.07, 6.45) is 0.182. The zero-order chi connectivity index (χ0) is 10.6. The number of rotatable bonds is 4. The summed E-state index contributed by atoms with van der Waals surface area (Å²) in [6.45, 7) is 4.48. The maximum absolute atomic E-state index is 9.47. The van der Waals surface area contributed by atoms with Gasteiger partial charge in [0.05, 0.1) is 12.2 Å². The average molecular weight is 204 g/mol. The van der Waals surface area contributed by atoms with Gasteiger partial charge in [0.25, 0.3) is 0 Å². The normalized spacial score (nSPS) is 38.6. The summed E-state index contributed by atoms with van der Waals surface area (Å²) in [5.74, 6) is 0. The Balaban J connectivity index is 2.27. The van der Waals surface area contributed by atoms with Crippen LogP contribution >= 0.6 is 0 Å². The summed E-state index contributed by atoms with van der Waals surface area (Å²) < 4.78 is 10.8. The number of aliphatic hydroxyl groups excluding tert-OH is 2. The first-order valence-electron chi connectivity index (χ1n) is 5.28. The molecule has 0 saturated carbocycles. The Morgan fingerprint density at radius 2 is 2.14 bits per heavy atom. The van der Waals surface area contributed by atoms with E-state index in [9.17, 15) is 10.2 Å². The summed E-state index contributed by atoms with van der Waals surface area (Å²) in [7, 11) is 0. The summed E-state index contributed by atoms with van der Waals surface area (Å²) in [5, 5.41) is 18.9. The minimum atomic E-state index is -0.791. The third kappa shape index (κ3) is 3.20. The third-order valence-electron chi connectivity index (χ3n) is 2.48. The minimum Gasteiger partial charge on any atom is -0.390 e. The Kier molecular flexibility index (Phi) is 4.81. The summed E-state index contributed by atoms with van der Waals surface area (Å²) in [4.78, 5) is 0. The van der Waals surface area contributed by atoms with Crippen molar-refractivity contribution in [3.63, 3.8) is 0 Å². The van der Waals surface area contributed by atoms with Gasteiger partial charge in [-0.2, -0.15) is 0 Å². The molecule has 1 heterocycles. The Morgan fingerprint density at radius 3 is 2.71 bits per heavy atom. The van der Waals surface area contributed by atoms with Gasteiger partial charge in [-0.25, -0.2) is 0 Å². The lowest BCUT2D eigenvalue weighted by Gasteiger charge is -2.35. The van der Waals surface area contributed by atoms with E-state index in [0.29, 0.717) is 13.0 Å². The van der Waals surface area contributed by atoms with E-state index in [1.807, 2.05) is 0 Å². The minimum absolute atomic E-state index is 0.356. The van der Waals surface area contributed by atoms with E-state index in [4.69, 9.17) is 9.47 Å². The van der Waals surface area contributed by atoms with E-state index in [1.54, 1.807) is 6.92 Å². The second-order valence-corrected chi connectivity index (χ2v) is 3.79. The van der Waals surface area contributed by atoms with Crippen molar-refractivity contribution >= 4 is 0 Å². The van der Waals surface area contributed by atoms with Crippen LogP contribution in [0.3, 0.4) is 0 Å². The van der Waals surface area contributed by atoms with Gasteiger partial charge in [-0.1, -0.05) is 13.3 Å². The molecule has 0 aliphatic carbocycles. The predicted molar refractivity (Wildman–Crippen MR) is 51.8 cm³/mol. The lowest BCUT2D eigenvalue weighted by Crippen LogP contribution is -2.47. The van der Waals surface area contributed by atoms with Gasteiger partial charge in [0.15, 0.2) is 6.29 Å². The van der Waals surface area contributed by atoms with Gasteiger partial charge in [0.1, 0.15) is 6.10 Å². The number of aliphatic hydroxyl groups is 2. The van der Waals surface area contributed by atoms with Crippen LogP contribution in [0.4, 0.5) is 0 Å². The van der Waals surface area contributed by atoms with Crippen molar-refractivity contribution in [2.45, 2.75) is 57.7 Å². The molecular weight excluding hydrogens is 184 g/mol. The van der Waals surface area contributed by atoms with Crippen LogP contribution in [0.5, 0.6) is 0 Å². The molecule has 1 aliphatic heterocycles. The molecule has 4 atom stereocenters. The molecule has 1 saturated heterocycles. The fraction of sp³-hybridized carbons (Fsp3) is 1.00. The lowest BCUT2D eigenvalue weighted by molar-refractivity contribution is -0.245. The van der Waals surface area contributed by atoms with Gasteiger partial charge >= 0.3 is 0 Å². The molecule has 4 heteroatoms. The highest BCUT2D eigenvalue weighted by atomic mass is 16.7. The number of hydrogen-bond donors (Lipinski definition) is 2. The Morgan fingerprint density at radius 1 is 1.43 bits per heavy atom. The van der Waals surface area contributed by atoms with E-state index in [2.05, 4.69) is 6.92 Å². The first-order valence-corrected chi connectivity index (χ1v) is 5.28. The molecule has 84 valence electrons. The molecule has 0 unspecified atom stereocenters. The van der Waals surface area contributed by atoms with Gasteiger partial charge < -0.3 is 19.7 Å². The zero-order valence-electron chi connectivity index (χ0n) is 8.85. The summed E-state index contributed by atoms with van der Waals surface area (Å²) in [5.41, 5.74) is 0. The molecule has 14 heavy (non-hydrogen) atoms. The molecule has 0 bridgehead atoms. The Labute approximate surface area is 84.8 Å². The molecule has 2 N–H and O–H groups in total. The van der Waals surface area contributed by atoms with Crippen LogP contribution in [-0.4, -0.2) is 41.4 Å². The third-order valence-corrected chi connectivity index (χ3v) is 2.48. The maximum atomic E-state index is 9.47. The lowest BCUT2D eigenvalue weighted by atomic mass is 10.0. The van der Waals surface area contributed by atoms with Gasteiger partial charge in [0.2, 0.25) is 0 Å². The molecule has 1 fully saturated rings. The van der Waals surface area contributed by atoms with Gasteiger partial charge in [-0.05, 0) is 13.3 Å². The van der Waals surface area contributed by atoms with E-state index < -0.39 is 12.2 Å². The van der Waals surface area contributed by atoms with E-state index in [-0.39, 0.29) is 12.4 Å². The number of hydrogen-bond acceptors (Lipinski definition) is 4. The van der Waals surface area contributed by atoms with E-state index in [1.165, 1.54) is 0 Å². The molecule has 0 aromatic rings. The number of unbranched alkanes of at least 4 members (excludes halogenated alkanes) is 1. The fourth-order valence-electron chi connectivity index (χ4n) is 1.49. The molecule has 0 radical (unpaired) electrons. The van der Waals surface area contributed by atoms with Gasteiger partial charge in [-0.3, -0.25) is 0 Å². The van der Waals surface area contributed by atoms with Gasteiger partial charge in [0, 0.05) is 13.0 Å². The van der Waals surface area contributed by atoms with Crippen molar-refractivity contribution in [2.75, 3.05) is 6.61 Å². The first kappa shape index (κ1) is 11.9. The van der Waals surface area contributed by atoms with Crippen molar-refractivity contribution in [2.24, 2.45) is 0 Å². The van der Waals surface area contributed by atoms with Crippen LogP contribution in [0, 0.1) is 0 Å². The molecular formula is C10H20O4. The van der Waals surface area contributed by atoms with E-state index in [0.717, 1.165) is 12.8 Å². The first-order chi connectivity index (χ1) is 6.65. The molecule has 1 aliphatic rings. The van der Waals surface area contributed by atoms with E-state index >= 15 is 0 Å². The topological polar surface area (TPSA) is 58.9 Å². The Hall–Kier alpha value is -0.160. The van der Waals surface area contributed by atoms with Gasteiger partial charge in [-0.15, -0.1) is 0 Å². The second kappa shape index (κ2) is 5.66. The predicted octanol–water partition coefficient (Wildman–Crippen LogP) is 0.660. The highest BCUT2D eigenvalue weighted by molar-refractivity contribution is 4.79. The fourth-order valence-corrected chi connectivity index (χ4v) is 1.49. The average Bonchev–Trinajstić information content (AvgIpc) is 2.14. The maximum Gasteiger partial charge on any atom is 0.160 e. The summed E-state index contributed by atoms with van der Waals surface area (Å²) in [6, 6.07) is 0. The van der Waals surface area contributed by atoms with Crippen molar-refractivity contribution in [3.8, 4) is 0 Å². The standard InChI is InChI=1S/C10H20O4/c1-3-4-5-13-9-6-8(11)10(12)7(2)14-9/h7-12H,3-6H2,1-2H3/t7-,8+,9-,10-/m0/s1. The van der Waals surface area contributed by atoms with Crippen molar-refractivity contribution in [1.29, 1.82) is 0 Å². The smallest absolute Gasteiger partial charge is 0.160 e. The second-order valence-electron chi connectivity index (χ2n) is 3.79. The zero-order valence-corrected chi connectivity index (χ0v) is 8.85. The Bertz CT molecular complexity index is 150. The molecule has 1 rings (SSSR count). The number of ether oxygens (including phenoxy) is 2. The van der Waals surface area contributed by atoms with Crippen LogP contribution in [0.2, 0.25) is 0 Å². The van der Waals surface area contributed by atoms with Crippen LogP contribution < -0.4 is 0 Å². The van der Waals surface area contributed by atoms with Crippen molar-refractivity contribution in [3.05, 3.63) is 0 Å². The quantitative estimate of drug-likeness (QED) is 0.660. The van der Waals surface area contributed by atoms with Crippen LogP contribution in [-0.2, 0) is 9.47 Å². The molecule has 4 nitrogen and oxygen atoms in total. The molecule has 0 aromatic carbocycles.